The molecule has 4 N–H and O–H groups in total. The number of nitrogens with two attached hydrogens (primary N) is 2. The fourth-order valence-electron chi connectivity index (χ4n) is 1.13. The summed E-state index contributed by atoms with van der Waals surface area (Å²) in [6, 6.07) is 9.58. The summed E-state index contributed by atoms with van der Waals surface area (Å²) >= 11 is 0. The summed E-state index contributed by atoms with van der Waals surface area (Å²) in [4.78, 5) is 15.4. The van der Waals surface area contributed by atoms with Gasteiger partial charge >= 0.3 is 0 Å². The van der Waals surface area contributed by atoms with Crippen molar-refractivity contribution in [3.63, 3.8) is 0 Å². The Balaban J connectivity index is 2.24. The lowest BCUT2D eigenvalue weighted by Gasteiger charge is -1.96. The van der Waals surface area contributed by atoms with Crippen LogP contribution in [-0.4, -0.2) is 21.2 Å². The Hall–Kier alpha value is -2.50. The van der Waals surface area contributed by atoms with Crippen LogP contribution in [-0.2, 0) is 0 Å². The molecule has 0 spiro atoms. The molecule has 6 nitrogen and oxygen atoms in total. The predicted octanol–water partition coefficient (Wildman–Crippen LogP) is 0.787. The minimum absolute atomic E-state index is 0.0627. The topological polar surface area (TPSA) is 103 Å². The molecule has 6 heteroatoms. The molecule has 0 radical (unpaired) electrons. The largest absolute Gasteiger partial charge is 0.368 e. The zero-order valence-corrected chi connectivity index (χ0v) is 8.41. The first-order valence-corrected chi connectivity index (χ1v) is 4.60. The molecule has 0 bridgehead atoms. The summed E-state index contributed by atoms with van der Waals surface area (Å²) in [5, 5.41) is 0. The van der Waals surface area contributed by atoms with Crippen LogP contribution in [0.3, 0.4) is 0 Å². The molecule has 1 heterocycles. The minimum Gasteiger partial charge on any atom is -0.368 e. The first kappa shape index (κ1) is 10.0. The quantitative estimate of drug-likeness (QED) is 0.719. The number of rotatable bonds is 2. The second-order valence-electron chi connectivity index (χ2n) is 3.02. The minimum atomic E-state index is 0.0627. The maximum absolute atomic E-state index is 5.41. The van der Waals surface area contributed by atoms with E-state index in [0.717, 1.165) is 5.56 Å². The SMILES string of the molecule is Nc1nc(N)nc(N=Cc2ccccc2)n1. The molecule has 0 amide bonds. The fraction of sp³-hybridized carbons (Fsp3) is 0. The zero-order valence-electron chi connectivity index (χ0n) is 8.41. The molecule has 0 aliphatic heterocycles. The van der Waals surface area contributed by atoms with Crippen LogP contribution in [0.2, 0.25) is 0 Å². The summed E-state index contributed by atoms with van der Waals surface area (Å²) in [7, 11) is 0. The summed E-state index contributed by atoms with van der Waals surface area (Å²) in [5.74, 6) is 0.328. The van der Waals surface area contributed by atoms with Gasteiger partial charge in [-0.15, -0.1) is 0 Å². The molecule has 1 aromatic carbocycles. The molecule has 0 atom stereocenters. The maximum Gasteiger partial charge on any atom is 0.255 e. The molecular weight excluding hydrogens is 204 g/mol. The summed E-state index contributed by atoms with van der Waals surface area (Å²) in [6.45, 7) is 0. The highest BCUT2D eigenvalue weighted by atomic mass is 15.2. The Labute approximate surface area is 92.1 Å². The smallest absolute Gasteiger partial charge is 0.255 e. The second kappa shape index (κ2) is 4.35. The van der Waals surface area contributed by atoms with E-state index in [1.807, 2.05) is 30.3 Å². The van der Waals surface area contributed by atoms with Crippen LogP contribution < -0.4 is 11.5 Å². The normalized spacial score (nSPS) is 10.8. The first-order valence-electron chi connectivity index (χ1n) is 4.60. The third-order valence-electron chi connectivity index (χ3n) is 1.79. The van der Waals surface area contributed by atoms with E-state index in [-0.39, 0.29) is 17.8 Å². The van der Waals surface area contributed by atoms with Crippen LogP contribution in [0.1, 0.15) is 5.56 Å². The number of hydrogen-bond donors (Lipinski definition) is 2. The number of nitrogen functional groups attached to an aromatic ring is 2. The fourth-order valence-corrected chi connectivity index (χ4v) is 1.13. The molecule has 80 valence electrons. The van der Waals surface area contributed by atoms with Crippen LogP contribution in [0, 0.1) is 0 Å². The van der Waals surface area contributed by atoms with Crippen molar-refractivity contribution < 1.29 is 0 Å². The van der Waals surface area contributed by atoms with Crippen LogP contribution in [0.5, 0.6) is 0 Å². The van der Waals surface area contributed by atoms with Gasteiger partial charge in [-0.05, 0) is 5.56 Å². The van der Waals surface area contributed by atoms with Crippen molar-refractivity contribution in [2.45, 2.75) is 0 Å². The third-order valence-corrected chi connectivity index (χ3v) is 1.79. The standard InChI is InChI=1S/C10H10N6/c11-8-14-9(12)16-10(15-8)13-6-7-4-2-1-3-5-7/h1-6H,(H4,11,12,14,15,16). The van der Waals surface area contributed by atoms with Crippen molar-refractivity contribution in [2.24, 2.45) is 4.99 Å². The van der Waals surface area contributed by atoms with Crippen LogP contribution >= 0.6 is 0 Å². The van der Waals surface area contributed by atoms with Crippen LogP contribution in [0.25, 0.3) is 0 Å². The maximum atomic E-state index is 5.41. The average Bonchev–Trinajstić information content (AvgIpc) is 2.27. The molecular formula is C10H10N6. The van der Waals surface area contributed by atoms with Gasteiger partial charge in [0.25, 0.3) is 5.95 Å². The van der Waals surface area contributed by atoms with Crippen LogP contribution in [0.15, 0.2) is 35.3 Å². The molecule has 0 saturated heterocycles. The molecule has 0 fully saturated rings. The van der Waals surface area contributed by atoms with Crippen molar-refractivity contribution in [2.75, 3.05) is 11.5 Å². The van der Waals surface area contributed by atoms with Gasteiger partial charge in [0.2, 0.25) is 11.9 Å². The number of anilines is 2. The van der Waals surface area contributed by atoms with Crippen molar-refractivity contribution in [3.8, 4) is 0 Å². The van der Waals surface area contributed by atoms with Gasteiger partial charge in [0, 0.05) is 6.21 Å². The Morgan fingerprint density at radius 2 is 1.56 bits per heavy atom. The van der Waals surface area contributed by atoms with E-state index in [2.05, 4.69) is 19.9 Å². The number of benzene rings is 1. The lowest BCUT2D eigenvalue weighted by atomic mass is 10.2. The van der Waals surface area contributed by atoms with E-state index < -0.39 is 0 Å². The summed E-state index contributed by atoms with van der Waals surface area (Å²) in [6.07, 6.45) is 1.63. The summed E-state index contributed by atoms with van der Waals surface area (Å²) in [5.41, 5.74) is 11.8. The molecule has 1 aromatic heterocycles. The number of nitrogens with zero attached hydrogens (tertiary/aromatic N) is 4. The monoisotopic (exact) mass is 214 g/mol. The zero-order chi connectivity index (χ0) is 11.4. The molecule has 2 aromatic rings. The number of aliphatic imine (C=N–C) groups is 1. The van der Waals surface area contributed by atoms with Gasteiger partial charge in [-0.3, -0.25) is 0 Å². The molecule has 0 saturated carbocycles. The first-order chi connectivity index (χ1) is 7.74. The average molecular weight is 214 g/mol. The lowest BCUT2D eigenvalue weighted by Crippen LogP contribution is -2.01. The van der Waals surface area contributed by atoms with Crippen molar-refractivity contribution in [3.05, 3.63) is 35.9 Å². The molecule has 2 rings (SSSR count). The Bertz CT molecular complexity index is 488. The van der Waals surface area contributed by atoms with Crippen molar-refractivity contribution in [1.29, 1.82) is 0 Å². The highest BCUT2D eigenvalue weighted by Crippen LogP contribution is 2.07. The third kappa shape index (κ3) is 2.50. The van der Waals surface area contributed by atoms with Gasteiger partial charge in [0.05, 0.1) is 0 Å². The lowest BCUT2D eigenvalue weighted by molar-refractivity contribution is 1.07. The second-order valence-corrected chi connectivity index (χ2v) is 3.02. The molecule has 0 unspecified atom stereocenters. The van der Waals surface area contributed by atoms with Gasteiger partial charge in [-0.25, -0.2) is 4.99 Å². The van der Waals surface area contributed by atoms with E-state index >= 15 is 0 Å². The highest BCUT2D eigenvalue weighted by Gasteiger charge is 1.98. The van der Waals surface area contributed by atoms with E-state index in [0.29, 0.717) is 0 Å². The van der Waals surface area contributed by atoms with Crippen molar-refractivity contribution in [1.82, 2.24) is 15.0 Å². The molecule has 16 heavy (non-hydrogen) atoms. The predicted molar refractivity (Wildman–Crippen MR) is 62.3 cm³/mol. The van der Waals surface area contributed by atoms with E-state index in [4.69, 9.17) is 11.5 Å². The number of aromatic nitrogens is 3. The van der Waals surface area contributed by atoms with E-state index in [1.54, 1.807) is 6.21 Å². The number of hydrogen-bond acceptors (Lipinski definition) is 6. The van der Waals surface area contributed by atoms with Gasteiger partial charge in [-0.2, -0.15) is 15.0 Å². The molecule has 0 aliphatic rings. The Morgan fingerprint density at radius 3 is 2.19 bits per heavy atom. The highest BCUT2D eigenvalue weighted by molar-refractivity contribution is 5.81. The van der Waals surface area contributed by atoms with Gasteiger partial charge < -0.3 is 11.5 Å². The Morgan fingerprint density at radius 1 is 0.938 bits per heavy atom. The van der Waals surface area contributed by atoms with Gasteiger partial charge in [0.1, 0.15) is 0 Å². The molecule has 0 aliphatic carbocycles. The Kier molecular flexibility index (Phi) is 2.73. The summed E-state index contributed by atoms with van der Waals surface area (Å²) < 4.78 is 0. The van der Waals surface area contributed by atoms with Gasteiger partial charge in [0.15, 0.2) is 0 Å². The van der Waals surface area contributed by atoms with E-state index in [1.165, 1.54) is 0 Å². The van der Waals surface area contributed by atoms with Crippen LogP contribution in [0.4, 0.5) is 17.8 Å². The van der Waals surface area contributed by atoms with E-state index in [9.17, 15) is 0 Å². The van der Waals surface area contributed by atoms with Gasteiger partial charge in [-0.1, -0.05) is 30.3 Å². The van der Waals surface area contributed by atoms with Crippen molar-refractivity contribution >= 4 is 24.1 Å².